The molecule has 1 aliphatic heterocycles. The molecule has 34 heavy (non-hydrogen) atoms. The molecule has 3 rings (SSSR count). The molecule has 2 aromatic rings. The minimum atomic E-state index is -0.315. The number of carbonyl (C=O) groups excluding carboxylic acids is 1. The third-order valence-corrected chi connectivity index (χ3v) is 6.31. The standard InChI is InChI=1S/C27H31FN4OS/c1-17(2)14-29-20(5)25-16-31(15-19(4)24-13-23(28)11-10-18(24)3)22(7)32(21(25)6)30-27(33)26-9-8-12-34-26/h8-13,16-17H,4,6-7,14-15H2,1-3,5H3,(H,30,33)/b29-20+. The summed E-state index contributed by atoms with van der Waals surface area (Å²) in [7, 11) is 0. The van der Waals surface area contributed by atoms with E-state index in [9.17, 15) is 9.18 Å². The molecule has 1 amide bonds. The summed E-state index contributed by atoms with van der Waals surface area (Å²) in [5, 5.41) is 3.43. The molecule has 5 nitrogen and oxygen atoms in total. The van der Waals surface area contributed by atoms with Crippen LogP contribution in [0.3, 0.4) is 0 Å². The highest BCUT2D eigenvalue weighted by atomic mass is 32.1. The molecule has 0 saturated heterocycles. The lowest BCUT2D eigenvalue weighted by atomic mass is 10.0. The molecule has 0 unspecified atom stereocenters. The van der Waals surface area contributed by atoms with Crippen LogP contribution in [0.4, 0.5) is 4.39 Å². The van der Waals surface area contributed by atoms with E-state index in [1.165, 1.54) is 23.5 Å². The Bertz CT molecular complexity index is 1180. The Labute approximate surface area is 205 Å². The minimum Gasteiger partial charge on any atom is -0.328 e. The molecule has 1 aromatic heterocycles. The zero-order valence-corrected chi connectivity index (χ0v) is 21.0. The van der Waals surface area contributed by atoms with Crippen molar-refractivity contribution in [3.63, 3.8) is 0 Å². The Morgan fingerprint density at radius 1 is 1.26 bits per heavy atom. The van der Waals surface area contributed by atoms with Crippen LogP contribution < -0.4 is 5.43 Å². The predicted octanol–water partition coefficient (Wildman–Crippen LogP) is 6.16. The van der Waals surface area contributed by atoms with Crippen molar-refractivity contribution in [1.29, 1.82) is 0 Å². The topological polar surface area (TPSA) is 47.9 Å². The number of allylic oxidation sites excluding steroid dienone is 1. The molecule has 0 radical (unpaired) electrons. The van der Waals surface area contributed by atoms with Crippen LogP contribution in [-0.4, -0.2) is 34.6 Å². The highest BCUT2D eigenvalue weighted by molar-refractivity contribution is 7.12. The first kappa shape index (κ1) is 25.2. The van der Waals surface area contributed by atoms with Crippen LogP contribution in [-0.2, 0) is 0 Å². The molecule has 178 valence electrons. The number of nitrogens with one attached hydrogen (secondary N) is 1. The van der Waals surface area contributed by atoms with E-state index in [0.717, 1.165) is 28.0 Å². The van der Waals surface area contributed by atoms with Crippen LogP contribution in [0.5, 0.6) is 0 Å². The summed E-state index contributed by atoms with van der Waals surface area (Å²) in [5.74, 6) is 0.342. The lowest BCUT2D eigenvalue weighted by Crippen LogP contribution is -2.47. The third kappa shape index (κ3) is 5.72. The van der Waals surface area contributed by atoms with E-state index in [0.29, 0.717) is 35.4 Å². The van der Waals surface area contributed by atoms with E-state index in [1.807, 2.05) is 36.4 Å². The number of nitrogens with zero attached hydrogens (tertiary/aromatic N) is 3. The van der Waals surface area contributed by atoms with Crippen LogP contribution in [0.1, 0.15) is 41.6 Å². The number of hydrogen-bond donors (Lipinski definition) is 1. The summed E-state index contributed by atoms with van der Waals surface area (Å²) in [6, 6.07) is 8.24. The van der Waals surface area contributed by atoms with Crippen LogP contribution >= 0.6 is 11.3 Å². The average Bonchev–Trinajstić information content (AvgIpc) is 3.33. The van der Waals surface area contributed by atoms with Gasteiger partial charge in [0.2, 0.25) is 0 Å². The SMILES string of the molecule is C=C(CN1C=C(/C(C)=N/CC(C)C)C(=C)N(NC(=O)c2cccs2)C1=C)c1cc(F)ccc1C. The Balaban J connectivity index is 1.95. The van der Waals surface area contributed by atoms with E-state index in [1.54, 1.807) is 17.1 Å². The van der Waals surface area contributed by atoms with Gasteiger partial charge in [0.15, 0.2) is 0 Å². The number of aliphatic imine (C=N–C) groups is 1. The van der Waals surface area contributed by atoms with Gasteiger partial charge < -0.3 is 4.90 Å². The summed E-state index contributed by atoms with van der Waals surface area (Å²) in [4.78, 5) is 20.0. The zero-order chi connectivity index (χ0) is 25.0. The first-order chi connectivity index (χ1) is 16.1. The summed E-state index contributed by atoms with van der Waals surface area (Å²) in [6.07, 6.45) is 1.91. The molecule has 2 heterocycles. The summed E-state index contributed by atoms with van der Waals surface area (Å²) in [6.45, 7) is 21.7. The fourth-order valence-electron chi connectivity index (χ4n) is 3.52. The van der Waals surface area contributed by atoms with Gasteiger partial charge >= 0.3 is 0 Å². The molecule has 0 aliphatic carbocycles. The second-order valence-corrected chi connectivity index (χ2v) is 9.62. The van der Waals surface area contributed by atoms with E-state index in [2.05, 4.69) is 39.0 Å². The maximum absolute atomic E-state index is 13.9. The Hall–Kier alpha value is -3.45. The maximum atomic E-state index is 13.9. The second kappa shape index (κ2) is 10.7. The first-order valence-corrected chi connectivity index (χ1v) is 11.9. The number of benzene rings is 1. The van der Waals surface area contributed by atoms with E-state index in [-0.39, 0.29) is 11.7 Å². The highest BCUT2D eigenvalue weighted by Crippen LogP contribution is 2.30. The van der Waals surface area contributed by atoms with Crippen molar-refractivity contribution in [3.8, 4) is 0 Å². The number of aryl methyl sites for hydroxylation is 1. The summed E-state index contributed by atoms with van der Waals surface area (Å²) >= 11 is 1.35. The van der Waals surface area contributed by atoms with Crippen molar-refractivity contribution < 1.29 is 9.18 Å². The monoisotopic (exact) mass is 478 g/mol. The molecule has 1 aromatic carbocycles. The van der Waals surface area contributed by atoms with Gasteiger partial charge in [-0.15, -0.1) is 11.3 Å². The molecule has 0 saturated carbocycles. The molecular weight excluding hydrogens is 447 g/mol. The predicted molar refractivity (Wildman–Crippen MR) is 140 cm³/mol. The van der Waals surface area contributed by atoms with Crippen molar-refractivity contribution in [2.24, 2.45) is 10.9 Å². The fourth-order valence-corrected chi connectivity index (χ4v) is 4.13. The lowest BCUT2D eigenvalue weighted by Gasteiger charge is -2.40. The van der Waals surface area contributed by atoms with Crippen molar-refractivity contribution in [2.45, 2.75) is 27.7 Å². The van der Waals surface area contributed by atoms with Gasteiger partial charge in [-0.25, -0.2) is 9.40 Å². The first-order valence-electron chi connectivity index (χ1n) is 11.1. The van der Waals surface area contributed by atoms with Gasteiger partial charge in [-0.1, -0.05) is 45.7 Å². The highest BCUT2D eigenvalue weighted by Gasteiger charge is 2.29. The lowest BCUT2D eigenvalue weighted by molar-refractivity contribution is 0.0848. The van der Waals surface area contributed by atoms with Crippen LogP contribution in [0.2, 0.25) is 0 Å². The smallest absolute Gasteiger partial charge is 0.280 e. The molecule has 0 bridgehead atoms. The third-order valence-electron chi connectivity index (χ3n) is 5.44. The van der Waals surface area contributed by atoms with Crippen molar-refractivity contribution in [3.05, 3.63) is 101 Å². The molecule has 1 N–H and O–H groups in total. The molecule has 0 spiro atoms. The maximum Gasteiger partial charge on any atom is 0.280 e. The van der Waals surface area contributed by atoms with Crippen LogP contribution in [0, 0.1) is 18.7 Å². The average molecular weight is 479 g/mol. The number of thiophene rings is 1. The summed E-state index contributed by atoms with van der Waals surface area (Å²) < 4.78 is 13.9. The van der Waals surface area contributed by atoms with Crippen molar-refractivity contribution >= 4 is 28.5 Å². The number of carbonyl (C=O) groups is 1. The summed E-state index contributed by atoms with van der Waals surface area (Å²) in [5.41, 5.74) is 7.47. The van der Waals surface area contributed by atoms with Gasteiger partial charge in [0.05, 0.1) is 10.6 Å². The van der Waals surface area contributed by atoms with Gasteiger partial charge in [-0.2, -0.15) is 0 Å². The van der Waals surface area contributed by atoms with Crippen LogP contribution in [0.15, 0.2) is 83.7 Å². The molecular formula is C27H31FN4OS. The van der Waals surface area contributed by atoms with Crippen molar-refractivity contribution in [1.82, 2.24) is 15.3 Å². The number of hydrazine groups is 1. The van der Waals surface area contributed by atoms with E-state index >= 15 is 0 Å². The quantitative estimate of drug-likeness (QED) is 0.463. The Morgan fingerprint density at radius 3 is 2.65 bits per heavy atom. The minimum absolute atomic E-state index is 0.255. The number of amides is 1. The van der Waals surface area contributed by atoms with Gasteiger partial charge in [-0.05, 0) is 60.0 Å². The molecule has 0 atom stereocenters. The largest absolute Gasteiger partial charge is 0.328 e. The second-order valence-electron chi connectivity index (χ2n) is 8.67. The Morgan fingerprint density at radius 2 is 2.00 bits per heavy atom. The number of rotatable bonds is 8. The van der Waals surface area contributed by atoms with Gasteiger partial charge in [0.1, 0.15) is 11.6 Å². The van der Waals surface area contributed by atoms with Gasteiger partial charge in [0.25, 0.3) is 5.91 Å². The molecule has 7 heteroatoms. The normalized spacial score (nSPS) is 14.5. The zero-order valence-electron chi connectivity index (χ0n) is 20.2. The molecule has 1 aliphatic rings. The van der Waals surface area contributed by atoms with E-state index in [4.69, 9.17) is 4.99 Å². The number of hydrogen-bond acceptors (Lipinski definition) is 5. The number of halogens is 1. The van der Waals surface area contributed by atoms with Crippen molar-refractivity contribution in [2.75, 3.05) is 13.1 Å². The molecule has 0 fully saturated rings. The van der Waals surface area contributed by atoms with E-state index < -0.39 is 0 Å². The van der Waals surface area contributed by atoms with Gasteiger partial charge in [0, 0.05) is 30.6 Å². The fraction of sp³-hybridized carbons (Fsp3) is 0.259. The van der Waals surface area contributed by atoms with Crippen LogP contribution in [0.25, 0.3) is 5.57 Å². The van der Waals surface area contributed by atoms with Gasteiger partial charge in [-0.3, -0.25) is 15.2 Å². The Kier molecular flexibility index (Phi) is 7.89.